The molecule has 1 aliphatic rings. The summed E-state index contributed by atoms with van der Waals surface area (Å²) in [5.41, 5.74) is 0. The fourth-order valence-electron chi connectivity index (χ4n) is 1.63. The fourth-order valence-corrected chi connectivity index (χ4v) is 1.63. The molecule has 1 heterocycles. The maximum absolute atomic E-state index is 4.18. The number of hydrogen-bond acceptors (Lipinski definition) is 2. The average Bonchev–Trinajstić information content (AvgIpc) is 2.02. The Morgan fingerprint density at radius 1 is 1.33 bits per heavy atom. The van der Waals surface area contributed by atoms with Crippen molar-refractivity contribution >= 4 is 12.6 Å². The van der Waals surface area contributed by atoms with Crippen molar-refractivity contribution in [3.63, 3.8) is 0 Å². The monoisotopic (exact) mass is 166 g/mol. The van der Waals surface area contributed by atoms with Gasteiger partial charge in [0.2, 0.25) is 0 Å². The van der Waals surface area contributed by atoms with E-state index in [2.05, 4.69) is 23.8 Å². The fraction of sp³-hybridized carbons (Fsp3) is 0.800. The summed E-state index contributed by atoms with van der Waals surface area (Å²) >= 11 is 0. The van der Waals surface area contributed by atoms with Gasteiger partial charge < -0.3 is 0 Å². The van der Waals surface area contributed by atoms with Crippen molar-refractivity contribution in [3.8, 4) is 0 Å². The summed E-state index contributed by atoms with van der Waals surface area (Å²) in [6.45, 7) is 5.47. The summed E-state index contributed by atoms with van der Waals surface area (Å²) in [5, 5.41) is 0. The Kier molecular flexibility index (Phi) is 3.98. The summed E-state index contributed by atoms with van der Waals surface area (Å²) in [6.07, 6.45) is 7.46. The average molecular weight is 166 g/mol. The number of rotatable bonds is 0. The summed E-state index contributed by atoms with van der Waals surface area (Å²) in [7, 11) is 0. The lowest BCUT2D eigenvalue weighted by Crippen LogP contribution is -2.06. The second-order valence-corrected chi connectivity index (χ2v) is 3.78. The quantitative estimate of drug-likeness (QED) is 0.528. The van der Waals surface area contributed by atoms with Gasteiger partial charge in [0.25, 0.3) is 0 Å². The molecule has 2 nitrogen and oxygen atoms in total. The molecule has 0 radical (unpaired) electrons. The maximum Gasteiger partial charge on any atom is 0.109 e. The van der Waals surface area contributed by atoms with Crippen LogP contribution in [0.5, 0.6) is 0 Å². The molecule has 1 aliphatic heterocycles. The lowest BCUT2D eigenvalue weighted by molar-refractivity contribution is 0.443. The SMILES string of the molecule is CC1/C=N\C=N/CCC[C@H](C)C1. The highest BCUT2D eigenvalue weighted by Crippen LogP contribution is 2.15. The van der Waals surface area contributed by atoms with Crippen molar-refractivity contribution < 1.29 is 0 Å². The Bertz CT molecular complexity index is 173. The lowest BCUT2D eigenvalue weighted by atomic mass is 9.94. The van der Waals surface area contributed by atoms with Gasteiger partial charge >= 0.3 is 0 Å². The van der Waals surface area contributed by atoms with E-state index in [9.17, 15) is 0 Å². The van der Waals surface area contributed by atoms with Crippen molar-refractivity contribution in [2.45, 2.75) is 33.1 Å². The van der Waals surface area contributed by atoms with E-state index in [1.165, 1.54) is 19.3 Å². The second-order valence-electron chi connectivity index (χ2n) is 3.78. The van der Waals surface area contributed by atoms with E-state index >= 15 is 0 Å². The van der Waals surface area contributed by atoms with Crippen LogP contribution in [0.3, 0.4) is 0 Å². The minimum Gasteiger partial charge on any atom is -0.274 e. The molecule has 1 rings (SSSR count). The smallest absolute Gasteiger partial charge is 0.109 e. The first-order chi connectivity index (χ1) is 5.79. The molecule has 0 aromatic carbocycles. The Balaban J connectivity index is 2.47. The van der Waals surface area contributed by atoms with Gasteiger partial charge in [-0.2, -0.15) is 0 Å². The Morgan fingerprint density at radius 3 is 3.00 bits per heavy atom. The molecule has 2 atom stereocenters. The third-order valence-electron chi connectivity index (χ3n) is 2.25. The largest absolute Gasteiger partial charge is 0.274 e. The molecular weight excluding hydrogens is 148 g/mol. The number of aliphatic imine (C=N–C) groups is 2. The molecule has 0 amide bonds. The zero-order valence-electron chi connectivity index (χ0n) is 8.03. The van der Waals surface area contributed by atoms with E-state index in [1.807, 2.05) is 6.21 Å². The molecule has 0 N–H and O–H groups in total. The molecule has 0 spiro atoms. The van der Waals surface area contributed by atoms with Gasteiger partial charge in [-0.25, -0.2) is 4.99 Å². The van der Waals surface area contributed by atoms with E-state index in [4.69, 9.17) is 0 Å². The van der Waals surface area contributed by atoms with Crippen LogP contribution in [-0.2, 0) is 0 Å². The standard InChI is InChI=1S/C10H18N2/c1-9-4-3-5-11-8-12-7-10(2)6-9/h7-10H,3-6H2,1-2H3/b11-8-,12-7-/t9-,10?/m0/s1. The molecule has 12 heavy (non-hydrogen) atoms. The molecule has 0 fully saturated rings. The highest BCUT2D eigenvalue weighted by molar-refractivity contribution is 5.73. The maximum atomic E-state index is 4.18. The first-order valence-electron chi connectivity index (χ1n) is 4.80. The summed E-state index contributed by atoms with van der Waals surface area (Å²) in [4.78, 5) is 8.31. The van der Waals surface area contributed by atoms with Crippen molar-refractivity contribution in [2.24, 2.45) is 21.8 Å². The Hall–Kier alpha value is -0.660. The molecule has 0 saturated carbocycles. The predicted octanol–water partition coefficient (Wildman–Crippen LogP) is 2.54. The minimum atomic E-state index is 0.601. The van der Waals surface area contributed by atoms with Crippen LogP contribution in [-0.4, -0.2) is 19.1 Å². The normalized spacial score (nSPS) is 37.2. The second kappa shape index (κ2) is 5.07. The summed E-state index contributed by atoms with van der Waals surface area (Å²) in [5.74, 6) is 1.42. The van der Waals surface area contributed by atoms with Crippen molar-refractivity contribution in [1.29, 1.82) is 0 Å². The molecule has 0 aromatic rings. The van der Waals surface area contributed by atoms with Gasteiger partial charge in [0.1, 0.15) is 6.34 Å². The van der Waals surface area contributed by atoms with Gasteiger partial charge in [-0.1, -0.05) is 13.8 Å². The molecule has 68 valence electrons. The van der Waals surface area contributed by atoms with Crippen LogP contribution in [0.1, 0.15) is 33.1 Å². The van der Waals surface area contributed by atoms with Crippen molar-refractivity contribution in [3.05, 3.63) is 0 Å². The minimum absolute atomic E-state index is 0.601. The van der Waals surface area contributed by atoms with Crippen molar-refractivity contribution in [2.75, 3.05) is 6.54 Å². The van der Waals surface area contributed by atoms with E-state index in [0.29, 0.717) is 5.92 Å². The van der Waals surface area contributed by atoms with E-state index < -0.39 is 0 Å². The van der Waals surface area contributed by atoms with Gasteiger partial charge in [-0.05, 0) is 31.1 Å². The van der Waals surface area contributed by atoms with E-state index in [0.717, 1.165) is 12.5 Å². The van der Waals surface area contributed by atoms with Gasteiger partial charge in [0.15, 0.2) is 0 Å². The molecule has 0 aromatic heterocycles. The highest BCUT2D eigenvalue weighted by Gasteiger charge is 2.06. The third-order valence-corrected chi connectivity index (χ3v) is 2.25. The van der Waals surface area contributed by atoms with Crippen LogP contribution in [0.4, 0.5) is 0 Å². The number of hydrogen-bond donors (Lipinski definition) is 0. The zero-order chi connectivity index (χ0) is 8.81. The van der Waals surface area contributed by atoms with Gasteiger partial charge in [-0.15, -0.1) is 0 Å². The summed E-state index contributed by atoms with van der Waals surface area (Å²) < 4.78 is 0. The molecule has 0 saturated heterocycles. The molecule has 2 heteroatoms. The third kappa shape index (κ3) is 3.65. The molecule has 1 unspecified atom stereocenters. The van der Waals surface area contributed by atoms with E-state index in [-0.39, 0.29) is 0 Å². The first-order valence-corrected chi connectivity index (χ1v) is 4.80. The van der Waals surface area contributed by atoms with Crippen LogP contribution < -0.4 is 0 Å². The Morgan fingerprint density at radius 2 is 2.17 bits per heavy atom. The van der Waals surface area contributed by atoms with E-state index in [1.54, 1.807) is 6.34 Å². The topological polar surface area (TPSA) is 24.7 Å². The Labute approximate surface area is 74.8 Å². The van der Waals surface area contributed by atoms with Gasteiger partial charge in [0.05, 0.1) is 0 Å². The zero-order valence-corrected chi connectivity index (χ0v) is 8.03. The first kappa shape index (κ1) is 9.43. The van der Waals surface area contributed by atoms with Gasteiger partial charge in [0, 0.05) is 12.8 Å². The number of nitrogens with zero attached hydrogens (tertiary/aromatic N) is 2. The van der Waals surface area contributed by atoms with Crippen LogP contribution in [0, 0.1) is 11.8 Å². The molecular formula is C10H18N2. The van der Waals surface area contributed by atoms with Crippen LogP contribution in [0.2, 0.25) is 0 Å². The van der Waals surface area contributed by atoms with Crippen LogP contribution in [0.25, 0.3) is 0 Å². The lowest BCUT2D eigenvalue weighted by Gasteiger charge is -2.13. The molecule has 0 bridgehead atoms. The summed E-state index contributed by atoms with van der Waals surface area (Å²) in [6, 6.07) is 0. The predicted molar refractivity (Wildman–Crippen MR) is 54.0 cm³/mol. The highest BCUT2D eigenvalue weighted by atomic mass is 14.8. The van der Waals surface area contributed by atoms with Crippen molar-refractivity contribution in [1.82, 2.24) is 0 Å². The van der Waals surface area contributed by atoms with Crippen LogP contribution >= 0.6 is 0 Å². The van der Waals surface area contributed by atoms with Crippen LogP contribution in [0.15, 0.2) is 9.98 Å². The molecule has 0 aliphatic carbocycles. The van der Waals surface area contributed by atoms with Gasteiger partial charge in [-0.3, -0.25) is 4.99 Å².